The number of carbonyl (C=O) groups excluding carboxylic acids is 1. The van der Waals surface area contributed by atoms with E-state index in [1.165, 1.54) is 42.5 Å². The highest BCUT2D eigenvalue weighted by Gasteiger charge is 2.29. The molecule has 0 aliphatic rings. The van der Waals surface area contributed by atoms with Crippen LogP contribution in [0.5, 0.6) is 5.75 Å². The van der Waals surface area contributed by atoms with Gasteiger partial charge in [-0.15, -0.1) is 0 Å². The highest BCUT2D eigenvalue weighted by Crippen LogP contribution is 2.29. The molecule has 23 heavy (non-hydrogen) atoms. The quantitative estimate of drug-likeness (QED) is 0.829. The monoisotopic (exact) mass is 318 g/mol. The molecule has 2 nitrogen and oxygen atoms in total. The van der Waals surface area contributed by atoms with Crippen LogP contribution in [0.4, 0.5) is 13.2 Å². The molecule has 0 aromatic heterocycles. The van der Waals surface area contributed by atoms with Gasteiger partial charge in [0.15, 0.2) is 5.78 Å². The summed E-state index contributed by atoms with van der Waals surface area (Å²) >= 11 is 0. The van der Waals surface area contributed by atoms with Crippen LogP contribution in [-0.4, -0.2) is 10.9 Å². The summed E-state index contributed by atoms with van der Waals surface area (Å²) in [6.07, 6.45) is 1.28. The second-order valence-corrected chi connectivity index (χ2v) is 4.78. The predicted octanol–water partition coefficient (Wildman–Crippen LogP) is 4.71. The Hall–Kier alpha value is -2.82. The Morgan fingerprint density at radius 2 is 1.26 bits per heavy atom. The summed E-state index contributed by atoms with van der Waals surface area (Å²) in [7, 11) is 0. The van der Waals surface area contributed by atoms with Crippen LogP contribution in [0.25, 0.3) is 12.2 Å². The highest BCUT2D eigenvalue weighted by atomic mass is 19.4. The van der Waals surface area contributed by atoms with E-state index in [0.29, 0.717) is 5.56 Å². The lowest BCUT2D eigenvalue weighted by Gasteiger charge is -2.05. The lowest BCUT2D eigenvalue weighted by atomic mass is 10.1. The molecule has 0 aliphatic carbocycles. The van der Waals surface area contributed by atoms with Crippen molar-refractivity contribution in [2.24, 2.45) is 0 Å². The summed E-state index contributed by atoms with van der Waals surface area (Å²) in [6, 6.07) is 10.8. The minimum atomic E-state index is -4.37. The zero-order chi connectivity index (χ0) is 16.9. The minimum absolute atomic E-state index is 0.135. The maximum Gasteiger partial charge on any atom is 0.416 e. The number of aromatic hydroxyl groups is 1. The van der Waals surface area contributed by atoms with Crippen LogP contribution in [0, 0.1) is 0 Å². The van der Waals surface area contributed by atoms with Gasteiger partial charge in [0, 0.05) is 0 Å². The lowest BCUT2D eigenvalue weighted by Crippen LogP contribution is -2.03. The Kier molecular flexibility index (Phi) is 5.01. The third kappa shape index (κ3) is 5.14. The van der Waals surface area contributed by atoms with Crippen LogP contribution in [0.3, 0.4) is 0 Å². The first-order valence-corrected chi connectivity index (χ1v) is 6.71. The van der Waals surface area contributed by atoms with Crippen LogP contribution < -0.4 is 0 Å². The molecule has 0 saturated heterocycles. The molecule has 2 rings (SSSR count). The molecule has 0 aliphatic heterocycles. The molecule has 0 atom stereocenters. The van der Waals surface area contributed by atoms with Crippen molar-refractivity contribution >= 4 is 17.9 Å². The minimum Gasteiger partial charge on any atom is -0.508 e. The SMILES string of the molecule is O=C(C=Cc1ccc(O)cc1)C=Cc1ccc(C(F)(F)F)cc1. The Balaban J connectivity index is 1.99. The number of phenols is 1. The number of hydrogen-bond acceptors (Lipinski definition) is 2. The number of ketones is 1. The molecule has 5 heteroatoms. The number of allylic oxidation sites excluding steroid dienone is 2. The summed E-state index contributed by atoms with van der Waals surface area (Å²) in [4.78, 5) is 11.7. The van der Waals surface area contributed by atoms with Gasteiger partial charge < -0.3 is 5.11 Å². The number of benzene rings is 2. The van der Waals surface area contributed by atoms with Gasteiger partial charge >= 0.3 is 6.18 Å². The van der Waals surface area contributed by atoms with Gasteiger partial charge in [-0.05, 0) is 47.5 Å². The van der Waals surface area contributed by atoms with Gasteiger partial charge in [-0.3, -0.25) is 4.79 Å². The summed E-state index contributed by atoms with van der Waals surface area (Å²) in [6.45, 7) is 0. The molecular formula is C18H13F3O2. The Morgan fingerprint density at radius 3 is 1.70 bits per heavy atom. The lowest BCUT2D eigenvalue weighted by molar-refractivity contribution is -0.137. The predicted molar refractivity (Wildman–Crippen MR) is 82.6 cm³/mol. The van der Waals surface area contributed by atoms with Gasteiger partial charge in [0.05, 0.1) is 5.56 Å². The number of rotatable bonds is 4. The number of hydrogen-bond donors (Lipinski definition) is 1. The topological polar surface area (TPSA) is 37.3 Å². The van der Waals surface area contributed by atoms with Gasteiger partial charge in [0.2, 0.25) is 0 Å². The Bertz CT molecular complexity index is 724. The third-order valence-corrected chi connectivity index (χ3v) is 3.01. The standard InChI is InChI=1S/C18H13F3O2/c19-18(20,21)15-7-1-13(2-8-15)3-9-16(22)10-4-14-5-11-17(23)12-6-14/h1-12,23H. The zero-order valence-electron chi connectivity index (χ0n) is 11.9. The fraction of sp³-hybridized carbons (Fsp3) is 0.0556. The Labute approximate surface area is 131 Å². The van der Waals surface area contributed by atoms with E-state index in [-0.39, 0.29) is 11.5 Å². The number of halogens is 3. The summed E-state index contributed by atoms with van der Waals surface area (Å²) in [5, 5.41) is 9.14. The van der Waals surface area contributed by atoms with Crippen molar-refractivity contribution in [3.63, 3.8) is 0 Å². The van der Waals surface area contributed by atoms with Crippen LogP contribution >= 0.6 is 0 Å². The van der Waals surface area contributed by atoms with E-state index in [1.807, 2.05) is 0 Å². The molecule has 0 heterocycles. The maximum absolute atomic E-state index is 12.4. The van der Waals surface area contributed by atoms with E-state index >= 15 is 0 Å². The van der Waals surface area contributed by atoms with Gasteiger partial charge in [0.1, 0.15) is 5.75 Å². The second-order valence-electron chi connectivity index (χ2n) is 4.78. The van der Waals surface area contributed by atoms with E-state index < -0.39 is 11.7 Å². The maximum atomic E-state index is 12.4. The van der Waals surface area contributed by atoms with Crippen LogP contribution in [-0.2, 0) is 11.0 Å². The van der Waals surface area contributed by atoms with E-state index in [0.717, 1.165) is 17.7 Å². The van der Waals surface area contributed by atoms with Crippen LogP contribution in [0.1, 0.15) is 16.7 Å². The summed E-state index contributed by atoms with van der Waals surface area (Å²) in [5.41, 5.74) is 0.525. The molecule has 118 valence electrons. The van der Waals surface area contributed by atoms with E-state index in [4.69, 9.17) is 5.11 Å². The molecule has 0 saturated carbocycles. The van der Waals surface area contributed by atoms with Crippen molar-refractivity contribution in [1.82, 2.24) is 0 Å². The van der Waals surface area contributed by atoms with Gasteiger partial charge in [-0.25, -0.2) is 0 Å². The summed E-state index contributed by atoms with van der Waals surface area (Å²) in [5.74, 6) is -0.159. The van der Waals surface area contributed by atoms with Crippen LogP contribution in [0.15, 0.2) is 60.7 Å². The number of alkyl halides is 3. The van der Waals surface area contributed by atoms with Crippen molar-refractivity contribution in [3.05, 3.63) is 77.4 Å². The van der Waals surface area contributed by atoms with E-state index in [2.05, 4.69) is 0 Å². The van der Waals surface area contributed by atoms with Crippen molar-refractivity contribution in [2.45, 2.75) is 6.18 Å². The largest absolute Gasteiger partial charge is 0.508 e. The second kappa shape index (κ2) is 6.96. The number of phenolic OH excluding ortho intramolecular Hbond substituents is 1. The van der Waals surface area contributed by atoms with Crippen molar-refractivity contribution in [1.29, 1.82) is 0 Å². The molecule has 0 bridgehead atoms. The van der Waals surface area contributed by atoms with Crippen molar-refractivity contribution < 1.29 is 23.1 Å². The molecule has 0 radical (unpaired) electrons. The molecule has 0 amide bonds. The Morgan fingerprint density at radius 1 is 0.826 bits per heavy atom. The molecule has 0 unspecified atom stereocenters. The van der Waals surface area contributed by atoms with Crippen molar-refractivity contribution in [2.75, 3.05) is 0 Å². The third-order valence-electron chi connectivity index (χ3n) is 3.01. The van der Waals surface area contributed by atoms with Gasteiger partial charge in [-0.1, -0.05) is 36.4 Å². The zero-order valence-corrected chi connectivity index (χ0v) is 11.9. The van der Waals surface area contributed by atoms with Crippen molar-refractivity contribution in [3.8, 4) is 5.75 Å². The molecule has 2 aromatic rings. The van der Waals surface area contributed by atoms with Crippen LogP contribution in [0.2, 0.25) is 0 Å². The average Bonchev–Trinajstić information content (AvgIpc) is 2.52. The molecule has 2 aromatic carbocycles. The first-order chi connectivity index (χ1) is 10.8. The van der Waals surface area contributed by atoms with Gasteiger partial charge in [0.25, 0.3) is 0 Å². The fourth-order valence-corrected chi connectivity index (χ4v) is 1.78. The molecule has 0 spiro atoms. The number of carbonyl (C=O) groups is 1. The van der Waals surface area contributed by atoms with E-state index in [9.17, 15) is 18.0 Å². The fourth-order valence-electron chi connectivity index (χ4n) is 1.78. The first-order valence-electron chi connectivity index (χ1n) is 6.71. The smallest absolute Gasteiger partial charge is 0.416 e. The molecule has 1 N–H and O–H groups in total. The first kappa shape index (κ1) is 16.5. The summed E-state index contributed by atoms with van der Waals surface area (Å²) < 4.78 is 37.3. The normalized spacial score (nSPS) is 12.1. The highest BCUT2D eigenvalue weighted by molar-refractivity contribution is 6.04. The molecular weight excluding hydrogens is 305 g/mol. The van der Waals surface area contributed by atoms with Gasteiger partial charge in [-0.2, -0.15) is 13.2 Å². The molecule has 0 fully saturated rings. The average molecular weight is 318 g/mol. The van der Waals surface area contributed by atoms with E-state index in [1.54, 1.807) is 18.2 Å².